The molecule has 0 bridgehead atoms. The molecule has 0 amide bonds. The Balaban J connectivity index is 0.000000676. The molecule has 16 heteroatoms. The van der Waals surface area contributed by atoms with Crippen LogP contribution in [-0.4, -0.2) is 81.1 Å². The van der Waals surface area contributed by atoms with Crippen molar-refractivity contribution in [3.8, 4) is 16.9 Å². The predicted octanol–water partition coefficient (Wildman–Crippen LogP) is 4.65. The minimum absolute atomic E-state index is 0.00343. The number of hydrogen-bond donors (Lipinski definition) is 3. The van der Waals surface area contributed by atoms with Crippen molar-refractivity contribution in [2.24, 2.45) is 0 Å². The molecule has 0 aromatic heterocycles. The number of halogens is 5. The van der Waals surface area contributed by atoms with Gasteiger partial charge < -0.3 is 19.7 Å². The number of phenolic OH excluding ortho intramolecular Hbond substituents is 1. The Hall–Kier alpha value is -4.28. The average Bonchev–Trinajstić information content (AvgIpc) is 2.97. The van der Waals surface area contributed by atoms with Crippen molar-refractivity contribution in [1.29, 1.82) is 0 Å². The number of rotatable bonds is 9. The van der Waals surface area contributed by atoms with Crippen LogP contribution in [0.3, 0.4) is 0 Å². The number of carbonyl (C=O) groups is 2. The number of nitrogens with one attached hydrogen (secondary N) is 1. The molecule has 1 aliphatic heterocycles. The first-order chi connectivity index (χ1) is 20.7. The van der Waals surface area contributed by atoms with E-state index in [9.17, 15) is 40.3 Å². The summed E-state index contributed by atoms with van der Waals surface area (Å²) in [4.78, 5) is 23.3. The Morgan fingerprint density at radius 1 is 1.00 bits per heavy atom. The summed E-state index contributed by atoms with van der Waals surface area (Å²) in [6.45, 7) is 3.96. The van der Waals surface area contributed by atoms with Crippen LogP contribution in [-0.2, 0) is 24.3 Å². The van der Waals surface area contributed by atoms with Crippen molar-refractivity contribution < 1.29 is 59.6 Å². The van der Waals surface area contributed by atoms with Crippen LogP contribution >= 0.6 is 0 Å². The van der Waals surface area contributed by atoms with E-state index >= 15 is 0 Å². The molecule has 10 nitrogen and oxygen atoms in total. The van der Waals surface area contributed by atoms with Crippen molar-refractivity contribution in [3.05, 3.63) is 77.9 Å². The summed E-state index contributed by atoms with van der Waals surface area (Å²) in [6, 6.07) is 12.0. The monoisotopic (exact) mass is 646 g/mol. The van der Waals surface area contributed by atoms with Gasteiger partial charge in [-0.05, 0) is 54.4 Å². The molecule has 3 aromatic rings. The van der Waals surface area contributed by atoms with E-state index in [1.165, 1.54) is 36.4 Å². The van der Waals surface area contributed by atoms with Crippen molar-refractivity contribution in [3.63, 3.8) is 0 Å². The van der Waals surface area contributed by atoms with Gasteiger partial charge in [-0.3, -0.25) is 9.62 Å². The molecule has 1 aliphatic rings. The number of anilines is 1. The van der Waals surface area contributed by atoms with Crippen LogP contribution in [0.4, 0.5) is 27.6 Å². The third kappa shape index (κ3) is 9.89. The lowest BCUT2D eigenvalue weighted by Gasteiger charge is -2.26. The fourth-order valence-electron chi connectivity index (χ4n) is 3.89. The Morgan fingerprint density at radius 2 is 1.68 bits per heavy atom. The van der Waals surface area contributed by atoms with Crippen LogP contribution in [0.25, 0.3) is 11.1 Å². The van der Waals surface area contributed by atoms with Gasteiger partial charge in [0.25, 0.3) is 10.0 Å². The van der Waals surface area contributed by atoms with Gasteiger partial charge in [0.2, 0.25) is 0 Å². The van der Waals surface area contributed by atoms with E-state index in [1.54, 1.807) is 0 Å². The second-order valence-corrected chi connectivity index (χ2v) is 10.9. The summed E-state index contributed by atoms with van der Waals surface area (Å²) in [5.41, 5.74) is -0.00135. The molecule has 1 fully saturated rings. The minimum Gasteiger partial charge on any atom is -0.507 e. The zero-order chi connectivity index (χ0) is 32.5. The number of ether oxygens (including phenoxy) is 2. The van der Waals surface area contributed by atoms with E-state index in [4.69, 9.17) is 19.4 Å². The van der Waals surface area contributed by atoms with Crippen molar-refractivity contribution >= 4 is 27.6 Å². The summed E-state index contributed by atoms with van der Waals surface area (Å²) in [7, 11) is -4.15. The predicted molar refractivity (Wildman–Crippen MR) is 147 cm³/mol. The number of carboxylic acid groups (broad SMARTS) is 1. The first-order valence-corrected chi connectivity index (χ1v) is 14.3. The first kappa shape index (κ1) is 34.2. The van der Waals surface area contributed by atoms with Gasteiger partial charge in [0.05, 0.1) is 30.4 Å². The average molecular weight is 647 g/mol. The van der Waals surface area contributed by atoms with Crippen LogP contribution in [0, 0.1) is 11.6 Å². The molecule has 4 rings (SSSR count). The van der Waals surface area contributed by atoms with Gasteiger partial charge in [-0.15, -0.1) is 0 Å². The highest BCUT2D eigenvalue weighted by atomic mass is 32.2. The van der Waals surface area contributed by atoms with Gasteiger partial charge in [0.15, 0.2) is 0 Å². The van der Waals surface area contributed by atoms with Gasteiger partial charge in [-0.2, -0.15) is 13.2 Å². The molecule has 3 aromatic carbocycles. The summed E-state index contributed by atoms with van der Waals surface area (Å²) in [5, 5.41) is 17.4. The molecule has 0 radical (unpaired) electrons. The van der Waals surface area contributed by atoms with Crippen molar-refractivity contribution in [1.82, 2.24) is 4.90 Å². The van der Waals surface area contributed by atoms with Gasteiger partial charge in [-0.25, -0.2) is 26.8 Å². The number of carbonyl (C=O) groups excluding carboxylic acids is 1. The van der Waals surface area contributed by atoms with E-state index in [-0.39, 0.29) is 33.9 Å². The Kier molecular flexibility index (Phi) is 11.6. The number of aliphatic carboxylic acids is 1. The minimum atomic E-state index is -5.08. The third-order valence-electron chi connectivity index (χ3n) is 6.05. The largest absolute Gasteiger partial charge is 0.507 e. The molecule has 238 valence electrons. The molecular formula is C28H27F5N2O8S. The van der Waals surface area contributed by atoms with E-state index in [0.29, 0.717) is 19.6 Å². The second-order valence-electron chi connectivity index (χ2n) is 9.24. The number of esters is 1. The standard InChI is InChI=1S/C26H26F2N2O6S.C2HF3O2/c27-19-5-8-24(28)23(16-19)18-3-1-4-21(15-18)37(33,34)29-20-6-7-22(25(31)17-20)26(32)36-12-2-9-30-10-13-35-14-11-30;3-2(4,5)1(6)7/h1,3-8,15-17,29,31H,2,9-14H2;(H,6,7). The molecule has 0 saturated carbocycles. The fourth-order valence-corrected chi connectivity index (χ4v) is 4.98. The topological polar surface area (TPSA) is 142 Å². The van der Waals surface area contributed by atoms with Gasteiger partial charge in [0, 0.05) is 31.3 Å². The van der Waals surface area contributed by atoms with Crippen LogP contribution in [0.2, 0.25) is 0 Å². The molecule has 0 spiro atoms. The molecular weight excluding hydrogens is 619 g/mol. The lowest BCUT2D eigenvalue weighted by molar-refractivity contribution is -0.192. The highest BCUT2D eigenvalue weighted by molar-refractivity contribution is 7.92. The smallest absolute Gasteiger partial charge is 0.490 e. The fraction of sp³-hybridized carbons (Fsp3) is 0.286. The number of benzene rings is 3. The highest BCUT2D eigenvalue weighted by Gasteiger charge is 2.38. The summed E-state index contributed by atoms with van der Waals surface area (Å²) in [6.07, 6.45) is -4.46. The SMILES string of the molecule is O=C(O)C(F)(F)F.O=C(OCCCN1CCOCC1)c1ccc(NS(=O)(=O)c2cccc(-c3cc(F)ccc3F)c2)cc1O. The number of aromatic hydroxyl groups is 1. The van der Waals surface area contributed by atoms with E-state index < -0.39 is 45.5 Å². The number of sulfonamides is 1. The molecule has 0 atom stereocenters. The normalized spacial score (nSPS) is 13.8. The number of nitrogens with zero attached hydrogens (tertiary/aromatic N) is 1. The number of hydrogen-bond acceptors (Lipinski definition) is 8. The highest BCUT2D eigenvalue weighted by Crippen LogP contribution is 2.28. The number of carboxylic acids is 1. The quantitative estimate of drug-likeness (QED) is 0.172. The van der Waals surface area contributed by atoms with Crippen molar-refractivity contribution in [2.45, 2.75) is 17.5 Å². The Labute approximate surface area is 248 Å². The second kappa shape index (κ2) is 14.9. The Bertz CT molecular complexity index is 1580. The molecule has 44 heavy (non-hydrogen) atoms. The molecule has 3 N–H and O–H groups in total. The summed E-state index contributed by atoms with van der Waals surface area (Å²) >= 11 is 0. The lowest BCUT2D eigenvalue weighted by atomic mass is 10.1. The lowest BCUT2D eigenvalue weighted by Crippen LogP contribution is -2.37. The first-order valence-electron chi connectivity index (χ1n) is 12.9. The summed E-state index contributed by atoms with van der Waals surface area (Å²) < 4.78 is 98.1. The third-order valence-corrected chi connectivity index (χ3v) is 7.43. The maximum Gasteiger partial charge on any atom is 0.490 e. The van der Waals surface area contributed by atoms with Crippen molar-refractivity contribution in [2.75, 3.05) is 44.2 Å². The maximum absolute atomic E-state index is 14.2. The Morgan fingerprint density at radius 3 is 2.32 bits per heavy atom. The van der Waals surface area contributed by atoms with Gasteiger partial charge >= 0.3 is 18.1 Å². The van der Waals surface area contributed by atoms with Crippen LogP contribution in [0.1, 0.15) is 16.8 Å². The zero-order valence-corrected chi connectivity index (χ0v) is 23.6. The van der Waals surface area contributed by atoms with Crippen LogP contribution < -0.4 is 4.72 Å². The number of phenols is 1. The molecule has 1 saturated heterocycles. The van der Waals surface area contributed by atoms with Crippen LogP contribution in [0.5, 0.6) is 5.75 Å². The molecule has 1 heterocycles. The van der Waals surface area contributed by atoms with E-state index in [2.05, 4.69) is 9.62 Å². The molecule has 0 aliphatic carbocycles. The van der Waals surface area contributed by atoms with E-state index in [1.807, 2.05) is 0 Å². The van der Waals surface area contributed by atoms with Gasteiger partial charge in [-0.1, -0.05) is 12.1 Å². The van der Waals surface area contributed by atoms with Crippen LogP contribution in [0.15, 0.2) is 65.6 Å². The maximum atomic E-state index is 14.2. The molecule has 0 unspecified atom stereocenters. The summed E-state index contributed by atoms with van der Waals surface area (Å²) in [5.74, 6) is -5.29. The van der Waals surface area contributed by atoms with E-state index in [0.717, 1.165) is 43.9 Å². The zero-order valence-electron chi connectivity index (χ0n) is 22.8. The number of morpholine rings is 1. The van der Waals surface area contributed by atoms with Gasteiger partial charge in [0.1, 0.15) is 22.9 Å². The number of alkyl halides is 3.